The highest BCUT2D eigenvalue weighted by Crippen LogP contribution is 2.22. The molecule has 0 saturated carbocycles. The van der Waals surface area contributed by atoms with Crippen LogP contribution in [0, 0.1) is 11.8 Å². The Morgan fingerprint density at radius 1 is 0.481 bits per heavy atom. The first-order chi connectivity index (χ1) is 38.6. The molecule has 0 spiro atoms. The number of aromatic amines is 2. The minimum Gasteiger partial charge on any atom is -0.370 e. The average molecular weight is 1120 g/mol. The summed E-state index contributed by atoms with van der Waals surface area (Å²) >= 11 is 0. The summed E-state index contributed by atoms with van der Waals surface area (Å²) in [6.07, 6.45) is 3.45. The van der Waals surface area contributed by atoms with Gasteiger partial charge in [0.25, 0.3) is 0 Å². The number of amides is 10. The van der Waals surface area contributed by atoms with Crippen LogP contribution in [0.1, 0.15) is 95.8 Å². The number of H-pyrrole nitrogens is 2. The minimum atomic E-state index is -1.52. The van der Waals surface area contributed by atoms with Gasteiger partial charge in [0.2, 0.25) is 59.1 Å². The quantitative estimate of drug-likeness (QED) is 0.0296. The van der Waals surface area contributed by atoms with Crippen molar-refractivity contribution in [3.63, 3.8) is 0 Å². The van der Waals surface area contributed by atoms with Gasteiger partial charge in [-0.15, -0.1) is 0 Å². The number of hydrogen-bond donors (Lipinski definition) is 13. The van der Waals surface area contributed by atoms with E-state index in [-0.39, 0.29) is 69.6 Å². The molecule has 1 aliphatic heterocycles. The smallest absolute Gasteiger partial charge is 0.243 e. The maximum Gasteiger partial charge on any atom is 0.243 e. The first-order valence-electron chi connectivity index (χ1n) is 27.5. The van der Waals surface area contributed by atoms with Gasteiger partial charge in [0.1, 0.15) is 42.3 Å². The number of rotatable bonds is 31. The first kappa shape index (κ1) is 61.6. The van der Waals surface area contributed by atoms with Gasteiger partial charge in [-0.2, -0.15) is 0 Å². The molecule has 1 saturated heterocycles. The van der Waals surface area contributed by atoms with Crippen molar-refractivity contribution in [1.82, 2.24) is 52.5 Å². The molecule has 23 nitrogen and oxygen atoms in total. The van der Waals surface area contributed by atoms with E-state index in [1.54, 1.807) is 48.8 Å². The molecule has 1 fully saturated rings. The third kappa shape index (κ3) is 18.5. The van der Waals surface area contributed by atoms with Crippen molar-refractivity contribution in [2.45, 2.75) is 147 Å². The summed E-state index contributed by atoms with van der Waals surface area (Å²) in [5, 5.41) is 23.8. The zero-order valence-corrected chi connectivity index (χ0v) is 46.2. The van der Waals surface area contributed by atoms with Gasteiger partial charge < -0.3 is 69.7 Å². The fraction of sp³-hybridized carbons (Fsp3) is 0.448. The predicted octanol–water partition coefficient (Wildman–Crippen LogP) is 0.931. The molecule has 81 heavy (non-hydrogen) atoms. The second kappa shape index (κ2) is 29.6. The van der Waals surface area contributed by atoms with Crippen LogP contribution in [0.5, 0.6) is 0 Å². The molecule has 8 atom stereocenters. The van der Waals surface area contributed by atoms with Crippen LogP contribution in [-0.4, -0.2) is 124 Å². The first-order valence-corrected chi connectivity index (χ1v) is 27.5. The molecule has 0 bridgehead atoms. The number of primary amides is 3. The average Bonchev–Trinajstić information content (AvgIpc) is 4.22. The van der Waals surface area contributed by atoms with Crippen molar-refractivity contribution in [3.05, 3.63) is 108 Å². The van der Waals surface area contributed by atoms with Gasteiger partial charge in [0, 0.05) is 66.3 Å². The minimum absolute atomic E-state index is 0.000753. The Labute approximate surface area is 469 Å². The molecule has 434 valence electrons. The number of nitrogens with two attached hydrogens (primary N) is 3. The Morgan fingerprint density at radius 2 is 0.877 bits per heavy atom. The third-order valence-corrected chi connectivity index (χ3v) is 14.1. The van der Waals surface area contributed by atoms with Crippen molar-refractivity contribution in [2.75, 3.05) is 6.54 Å². The highest BCUT2D eigenvalue weighted by molar-refractivity contribution is 5.99. The lowest BCUT2D eigenvalue weighted by atomic mass is 9.98. The monoisotopic (exact) mass is 1120 g/mol. The third-order valence-electron chi connectivity index (χ3n) is 14.1. The van der Waals surface area contributed by atoms with E-state index in [9.17, 15) is 38.4 Å². The van der Waals surface area contributed by atoms with Gasteiger partial charge in [0.05, 0.1) is 6.04 Å². The number of nitrogens with one attached hydrogen (secondary N) is 10. The van der Waals surface area contributed by atoms with E-state index in [0.29, 0.717) is 35.0 Å². The van der Waals surface area contributed by atoms with Gasteiger partial charge in [0.15, 0.2) is 0 Å². The summed E-state index contributed by atoms with van der Waals surface area (Å²) in [7, 11) is 0. The summed E-state index contributed by atoms with van der Waals surface area (Å²) in [5.41, 5.74) is 20.0. The topological polar surface area (TPSA) is 377 Å². The Kier molecular flexibility index (Phi) is 22.5. The van der Waals surface area contributed by atoms with Crippen molar-refractivity contribution in [3.8, 4) is 0 Å². The summed E-state index contributed by atoms with van der Waals surface area (Å²) in [4.78, 5) is 144. The lowest BCUT2D eigenvalue weighted by Crippen LogP contribution is -2.61. The highest BCUT2D eigenvalue weighted by atomic mass is 16.2. The van der Waals surface area contributed by atoms with E-state index < -0.39 is 107 Å². The fourth-order valence-corrected chi connectivity index (χ4v) is 9.86. The number of benzene rings is 3. The molecule has 1 aliphatic rings. The molecule has 3 heterocycles. The Bertz CT molecular complexity index is 3020. The lowest BCUT2D eigenvalue weighted by molar-refractivity contribution is -0.136. The molecule has 2 aromatic heterocycles. The van der Waals surface area contributed by atoms with E-state index in [1.165, 1.54) is 0 Å². The lowest BCUT2D eigenvalue weighted by Gasteiger charge is -2.28. The number of fused-ring (bicyclic) bond motifs is 2. The van der Waals surface area contributed by atoms with E-state index in [1.807, 2.05) is 70.2 Å². The molecular weight excluding hydrogens is 1040 g/mol. The van der Waals surface area contributed by atoms with Crippen molar-refractivity contribution >= 4 is 80.9 Å². The second-order valence-electron chi connectivity index (χ2n) is 21.6. The van der Waals surface area contributed by atoms with E-state index in [2.05, 4.69) is 52.5 Å². The molecule has 0 radical (unpaired) electrons. The number of carbonyl (C=O) groups is 10. The molecule has 10 amide bonds. The zero-order valence-electron chi connectivity index (χ0n) is 46.2. The van der Waals surface area contributed by atoms with Crippen LogP contribution in [0.4, 0.5) is 0 Å². The van der Waals surface area contributed by atoms with Crippen molar-refractivity contribution in [2.24, 2.45) is 29.0 Å². The fourth-order valence-electron chi connectivity index (χ4n) is 9.86. The van der Waals surface area contributed by atoms with Crippen LogP contribution in [0.25, 0.3) is 21.8 Å². The second-order valence-corrected chi connectivity index (χ2v) is 21.6. The number of hydrogen-bond acceptors (Lipinski definition) is 11. The zero-order chi connectivity index (χ0) is 58.8. The van der Waals surface area contributed by atoms with Crippen molar-refractivity contribution < 1.29 is 47.9 Å². The van der Waals surface area contributed by atoms with Crippen LogP contribution in [0.2, 0.25) is 0 Å². The number of para-hydroxylation sites is 2. The number of carbonyl (C=O) groups excluding carboxylic acids is 10. The molecule has 0 aliphatic carbocycles. The summed E-state index contributed by atoms with van der Waals surface area (Å²) in [6.45, 7) is 8.06. The molecule has 6 rings (SSSR count). The van der Waals surface area contributed by atoms with E-state index >= 15 is 9.59 Å². The molecule has 1 unspecified atom stereocenters. The summed E-state index contributed by atoms with van der Waals surface area (Å²) in [5.74, 6) is -7.71. The maximum atomic E-state index is 15.1. The molecule has 23 heteroatoms. The molecule has 16 N–H and O–H groups in total. The van der Waals surface area contributed by atoms with Crippen LogP contribution in [0.15, 0.2) is 91.3 Å². The number of aromatic nitrogens is 2. The normalized spacial score (nSPS) is 15.8. The predicted molar refractivity (Wildman–Crippen MR) is 304 cm³/mol. The van der Waals surface area contributed by atoms with Crippen molar-refractivity contribution in [1.29, 1.82) is 0 Å². The van der Waals surface area contributed by atoms with Crippen LogP contribution in [0.3, 0.4) is 0 Å². The highest BCUT2D eigenvalue weighted by Gasteiger charge is 2.36. The van der Waals surface area contributed by atoms with Crippen LogP contribution < -0.4 is 59.7 Å². The van der Waals surface area contributed by atoms with Crippen LogP contribution >= 0.6 is 0 Å². The van der Waals surface area contributed by atoms with Gasteiger partial charge in [-0.05, 0) is 85.7 Å². The largest absolute Gasteiger partial charge is 0.370 e. The van der Waals surface area contributed by atoms with Gasteiger partial charge in [-0.3, -0.25) is 47.9 Å². The molecule has 3 aromatic carbocycles. The molecule has 5 aromatic rings. The van der Waals surface area contributed by atoms with Crippen LogP contribution in [-0.2, 0) is 67.2 Å². The van der Waals surface area contributed by atoms with Gasteiger partial charge >= 0.3 is 0 Å². The Morgan fingerprint density at radius 3 is 1.33 bits per heavy atom. The van der Waals surface area contributed by atoms with E-state index in [0.717, 1.165) is 22.8 Å². The maximum absolute atomic E-state index is 15.1. The summed E-state index contributed by atoms with van der Waals surface area (Å²) in [6, 6.07) is 13.5. The Hall–Kier alpha value is -8.60. The molecular formula is C58H77N13O10. The standard InChI is InChI=1S/C58H77N13O10/c1-32(2)25-44(51(61)74)67-55(78)45(26-33(3)4)68-57(80)48(29-36-31-64-40-18-11-9-16-38(36)40)71-56(79)46(27-34-13-6-5-7-14-34)69-58(81)47(28-35-30-63-39-17-10-8-15-37(35)39)70-54(77)43(21-23-50(60)73)66-53(76)42(20-22-49(59)72)65-52(75)41-19-12-24-62-41/h5-11,13-18,30-33,41-48,62-64H,12,19-29H2,1-4H3,(H2,59,72)(H2,60,73)(H2,61,74)(H,65,75)(H,66,76)(H,67,78)(H,68,80)(H,69,81)(H,70,77)(H,71,79)/t41-,42+,43?,44+,45+,46+,47-,48-/m1/s1. The summed E-state index contributed by atoms with van der Waals surface area (Å²) < 4.78 is 0. The van der Waals surface area contributed by atoms with Gasteiger partial charge in [-0.1, -0.05) is 94.4 Å². The Balaban J connectivity index is 1.33. The SMILES string of the molecule is CC(C)C[C@H](NC(=O)[C@H](CC(C)C)NC(=O)[C@@H](Cc1c[nH]c2ccccc12)NC(=O)[C@H](Cc1ccccc1)NC(=O)[C@@H](Cc1c[nH]c2ccccc12)NC(=O)C(CCC(N)=O)NC(=O)[C@H](CCC(N)=O)NC(=O)[C@H]1CCCN1)C(N)=O. The van der Waals surface area contributed by atoms with E-state index in [4.69, 9.17) is 17.2 Å². The van der Waals surface area contributed by atoms with Gasteiger partial charge in [-0.25, -0.2) is 0 Å².